The van der Waals surface area contributed by atoms with E-state index in [0.717, 1.165) is 42.1 Å². The smallest absolute Gasteiger partial charge is 0.255 e. The van der Waals surface area contributed by atoms with Gasteiger partial charge in [-0.05, 0) is 53.6 Å². The molecule has 0 spiro atoms. The van der Waals surface area contributed by atoms with Crippen molar-refractivity contribution < 1.29 is 15.0 Å². The summed E-state index contributed by atoms with van der Waals surface area (Å²) in [5.41, 5.74) is -0.543. The number of aromatic hydroxyl groups is 1. The van der Waals surface area contributed by atoms with Crippen molar-refractivity contribution in [2.24, 2.45) is 0 Å². The number of hydrogen-bond acceptors (Lipinski definition) is 3. The first-order valence-electron chi connectivity index (χ1n) is 6.99. The van der Waals surface area contributed by atoms with Crippen molar-refractivity contribution in [2.75, 3.05) is 6.54 Å². The van der Waals surface area contributed by atoms with Crippen LogP contribution in [0.25, 0.3) is 0 Å². The quantitative estimate of drug-likeness (QED) is 0.550. The van der Waals surface area contributed by atoms with Crippen LogP contribution in [-0.4, -0.2) is 28.3 Å². The van der Waals surface area contributed by atoms with E-state index in [1.165, 1.54) is 6.07 Å². The molecule has 1 amide bonds. The Morgan fingerprint density at radius 3 is 2.55 bits per heavy atom. The normalized spacial score (nSPS) is 18.3. The highest BCUT2D eigenvalue weighted by Crippen LogP contribution is 2.26. The Morgan fingerprint density at radius 2 is 1.90 bits per heavy atom. The number of hydrogen-bond donors (Lipinski definition) is 3. The van der Waals surface area contributed by atoms with Gasteiger partial charge in [-0.15, -0.1) is 0 Å². The van der Waals surface area contributed by atoms with Crippen molar-refractivity contribution in [3.8, 4) is 5.75 Å². The molecule has 1 saturated carbocycles. The molecule has 1 fully saturated rings. The number of halogens is 1. The van der Waals surface area contributed by atoms with E-state index in [4.69, 9.17) is 0 Å². The van der Waals surface area contributed by atoms with Crippen LogP contribution in [0, 0.1) is 3.57 Å². The van der Waals surface area contributed by atoms with Gasteiger partial charge in [-0.1, -0.05) is 25.7 Å². The maximum Gasteiger partial charge on any atom is 0.255 e. The van der Waals surface area contributed by atoms with Crippen molar-refractivity contribution in [3.05, 3.63) is 27.3 Å². The molecular weight excluding hydrogens is 369 g/mol. The van der Waals surface area contributed by atoms with Crippen LogP contribution in [0.15, 0.2) is 18.2 Å². The molecule has 3 N–H and O–H groups in total. The SMILES string of the molecule is O=C(NCC1(O)CCCCCC1)c1cc(I)ccc1O. The minimum absolute atomic E-state index is 0.0317. The third-order valence-corrected chi connectivity index (χ3v) is 4.49. The molecule has 1 aliphatic rings. The summed E-state index contributed by atoms with van der Waals surface area (Å²) in [7, 11) is 0. The number of phenols is 1. The van der Waals surface area contributed by atoms with Crippen molar-refractivity contribution in [1.29, 1.82) is 0 Å². The summed E-state index contributed by atoms with van der Waals surface area (Å²) >= 11 is 2.09. The number of amides is 1. The number of aliphatic hydroxyl groups is 1. The Morgan fingerprint density at radius 1 is 1.25 bits per heavy atom. The van der Waals surface area contributed by atoms with Gasteiger partial charge in [0, 0.05) is 10.1 Å². The summed E-state index contributed by atoms with van der Waals surface area (Å²) < 4.78 is 0.888. The van der Waals surface area contributed by atoms with Gasteiger partial charge in [-0.25, -0.2) is 0 Å². The molecule has 4 nitrogen and oxygen atoms in total. The lowest BCUT2D eigenvalue weighted by Gasteiger charge is -2.26. The van der Waals surface area contributed by atoms with E-state index < -0.39 is 5.60 Å². The second kappa shape index (κ2) is 6.76. The van der Waals surface area contributed by atoms with E-state index in [0.29, 0.717) is 0 Å². The highest BCUT2D eigenvalue weighted by molar-refractivity contribution is 14.1. The summed E-state index contributed by atoms with van der Waals surface area (Å²) in [6.07, 6.45) is 5.75. The number of carbonyl (C=O) groups is 1. The first-order chi connectivity index (χ1) is 9.50. The molecule has 0 unspecified atom stereocenters. The monoisotopic (exact) mass is 389 g/mol. The van der Waals surface area contributed by atoms with Crippen LogP contribution in [0.4, 0.5) is 0 Å². The largest absolute Gasteiger partial charge is 0.507 e. The molecule has 110 valence electrons. The van der Waals surface area contributed by atoms with Gasteiger partial charge in [0.1, 0.15) is 5.75 Å². The van der Waals surface area contributed by atoms with Crippen LogP contribution in [0.3, 0.4) is 0 Å². The standard InChI is InChI=1S/C15H20INO3/c16-11-5-6-13(18)12(9-11)14(19)17-10-15(20)7-3-1-2-4-8-15/h5-6,9,18,20H,1-4,7-8,10H2,(H,17,19). The van der Waals surface area contributed by atoms with Gasteiger partial charge >= 0.3 is 0 Å². The topological polar surface area (TPSA) is 69.6 Å². The number of nitrogens with one attached hydrogen (secondary N) is 1. The molecule has 0 saturated heterocycles. The highest BCUT2D eigenvalue weighted by Gasteiger charge is 2.28. The van der Waals surface area contributed by atoms with Gasteiger partial charge in [-0.2, -0.15) is 0 Å². The molecular formula is C15H20INO3. The third-order valence-electron chi connectivity index (χ3n) is 3.82. The van der Waals surface area contributed by atoms with E-state index in [2.05, 4.69) is 27.9 Å². The Bertz CT molecular complexity index is 482. The first kappa shape index (κ1) is 15.6. The lowest BCUT2D eigenvalue weighted by atomic mass is 9.94. The van der Waals surface area contributed by atoms with Gasteiger partial charge < -0.3 is 15.5 Å². The molecule has 20 heavy (non-hydrogen) atoms. The maximum absolute atomic E-state index is 12.1. The summed E-state index contributed by atoms with van der Waals surface area (Å²) in [5.74, 6) is -0.366. The highest BCUT2D eigenvalue weighted by atomic mass is 127. The van der Waals surface area contributed by atoms with Gasteiger partial charge in [-0.3, -0.25) is 4.79 Å². The predicted octanol–water partition coefficient (Wildman–Crippen LogP) is 2.81. The summed E-state index contributed by atoms with van der Waals surface area (Å²) in [6, 6.07) is 4.89. The zero-order valence-corrected chi connectivity index (χ0v) is 13.5. The molecule has 2 rings (SSSR count). The Balaban J connectivity index is 1.99. The van der Waals surface area contributed by atoms with Gasteiger partial charge in [0.25, 0.3) is 5.91 Å². The molecule has 1 aromatic carbocycles. The minimum Gasteiger partial charge on any atom is -0.507 e. The molecule has 0 aromatic heterocycles. The fourth-order valence-electron chi connectivity index (χ4n) is 2.59. The van der Waals surface area contributed by atoms with Crippen LogP contribution < -0.4 is 5.32 Å². The number of carbonyl (C=O) groups excluding carboxylic acids is 1. The number of rotatable bonds is 3. The Kier molecular flexibility index (Phi) is 5.26. The first-order valence-corrected chi connectivity index (χ1v) is 8.07. The molecule has 5 heteroatoms. The van der Waals surface area contributed by atoms with E-state index in [9.17, 15) is 15.0 Å². The fourth-order valence-corrected chi connectivity index (χ4v) is 3.08. The maximum atomic E-state index is 12.1. The van der Waals surface area contributed by atoms with E-state index >= 15 is 0 Å². The number of benzene rings is 1. The third kappa shape index (κ3) is 4.09. The average molecular weight is 389 g/mol. The Labute approximate surface area is 132 Å². The van der Waals surface area contributed by atoms with Gasteiger partial charge in [0.05, 0.1) is 11.2 Å². The second-order valence-corrected chi connectivity index (χ2v) is 6.73. The average Bonchev–Trinajstić information content (AvgIpc) is 2.64. The molecule has 0 atom stereocenters. The molecule has 0 aliphatic heterocycles. The molecule has 0 radical (unpaired) electrons. The molecule has 0 bridgehead atoms. The summed E-state index contributed by atoms with van der Waals surface area (Å²) in [6.45, 7) is 0.247. The van der Waals surface area contributed by atoms with Crippen LogP contribution in [0.1, 0.15) is 48.9 Å². The lowest BCUT2D eigenvalue weighted by Crippen LogP contribution is -2.42. The fraction of sp³-hybridized carbons (Fsp3) is 0.533. The minimum atomic E-state index is -0.802. The van der Waals surface area contributed by atoms with Crippen LogP contribution in [-0.2, 0) is 0 Å². The van der Waals surface area contributed by atoms with Crippen LogP contribution >= 0.6 is 22.6 Å². The van der Waals surface area contributed by atoms with E-state index in [-0.39, 0.29) is 23.8 Å². The molecule has 1 aromatic rings. The summed E-state index contributed by atoms with van der Waals surface area (Å²) in [5, 5.41) is 23.0. The molecule has 0 heterocycles. The zero-order valence-electron chi connectivity index (χ0n) is 11.4. The van der Waals surface area contributed by atoms with Crippen molar-refractivity contribution in [1.82, 2.24) is 5.32 Å². The predicted molar refractivity (Wildman–Crippen MR) is 85.8 cm³/mol. The van der Waals surface area contributed by atoms with Gasteiger partial charge in [0.2, 0.25) is 0 Å². The number of phenolic OH excluding ortho intramolecular Hbond substituents is 1. The van der Waals surface area contributed by atoms with Crippen LogP contribution in [0.5, 0.6) is 5.75 Å². The molecule has 1 aliphatic carbocycles. The van der Waals surface area contributed by atoms with Crippen molar-refractivity contribution >= 4 is 28.5 Å². The van der Waals surface area contributed by atoms with Crippen molar-refractivity contribution in [3.63, 3.8) is 0 Å². The Hall–Kier alpha value is -0.820. The van der Waals surface area contributed by atoms with Crippen molar-refractivity contribution in [2.45, 2.75) is 44.1 Å². The zero-order chi connectivity index (χ0) is 14.6. The second-order valence-electron chi connectivity index (χ2n) is 5.48. The van der Waals surface area contributed by atoms with E-state index in [1.807, 2.05) is 0 Å². The summed E-state index contributed by atoms with van der Waals surface area (Å²) in [4.78, 5) is 12.1. The van der Waals surface area contributed by atoms with Crippen LogP contribution in [0.2, 0.25) is 0 Å². The van der Waals surface area contributed by atoms with E-state index in [1.54, 1.807) is 12.1 Å². The van der Waals surface area contributed by atoms with Gasteiger partial charge in [0.15, 0.2) is 0 Å². The lowest BCUT2D eigenvalue weighted by molar-refractivity contribution is 0.0246.